The lowest BCUT2D eigenvalue weighted by Crippen LogP contribution is -2.02. The summed E-state index contributed by atoms with van der Waals surface area (Å²) >= 11 is 5.77. The fourth-order valence-electron chi connectivity index (χ4n) is 1.59. The molecule has 0 unspecified atom stereocenters. The minimum atomic E-state index is 0.595. The highest BCUT2D eigenvalue weighted by atomic mass is 35.5. The van der Waals surface area contributed by atoms with Gasteiger partial charge in [-0.15, -0.1) is 11.6 Å². The molecule has 0 heterocycles. The zero-order valence-corrected chi connectivity index (χ0v) is 9.06. The van der Waals surface area contributed by atoms with E-state index < -0.39 is 0 Å². The third-order valence-electron chi connectivity index (χ3n) is 2.66. The fraction of sp³-hybridized carbons (Fsp3) is 0.500. The maximum Gasteiger partial charge on any atom is 0.0474 e. The Morgan fingerprint density at radius 3 is 2.93 bits per heavy atom. The molecule has 1 nitrogen and oxygen atoms in total. The van der Waals surface area contributed by atoms with E-state index in [4.69, 9.17) is 11.6 Å². The van der Waals surface area contributed by atoms with Crippen LogP contribution in [-0.2, 0) is 5.88 Å². The third kappa shape index (κ3) is 2.91. The first kappa shape index (κ1) is 9.85. The van der Waals surface area contributed by atoms with Gasteiger partial charge in [-0.05, 0) is 30.0 Å². The number of anilines is 1. The highest BCUT2D eigenvalue weighted by Gasteiger charge is 2.19. The number of nitrogens with one attached hydrogen (secondary N) is 1. The average Bonchev–Trinajstić information content (AvgIpc) is 3.02. The zero-order chi connectivity index (χ0) is 9.80. The van der Waals surface area contributed by atoms with E-state index in [1.165, 1.54) is 30.5 Å². The SMILES string of the molecule is ClCc1cccc(NCCC2CC2)c1. The molecule has 1 fully saturated rings. The summed E-state index contributed by atoms with van der Waals surface area (Å²) in [6, 6.07) is 8.33. The van der Waals surface area contributed by atoms with Gasteiger partial charge in [0.15, 0.2) is 0 Å². The molecule has 0 radical (unpaired) electrons. The number of benzene rings is 1. The Morgan fingerprint density at radius 1 is 1.36 bits per heavy atom. The Morgan fingerprint density at radius 2 is 2.21 bits per heavy atom. The van der Waals surface area contributed by atoms with Gasteiger partial charge in [-0.2, -0.15) is 0 Å². The van der Waals surface area contributed by atoms with E-state index in [0.717, 1.165) is 12.5 Å². The molecule has 0 amide bonds. The molecule has 2 rings (SSSR count). The molecule has 1 aromatic rings. The Kier molecular flexibility index (Phi) is 3.30. The van der Waals surface area contributed by atoms with Gasteiger partial charge in [0, 0.05) is 18.1 Å². The van der Waals surface area contributed by atoms with Gasteiger partial charge in [-0.1, -0.05) is 25.0 Å². The van der Waals surface area contributed by atoms with Crippen molar-refractivity contribution in [2.75, 3.05) is 11.9 Å². The quantitative estimate of drug-likeness (QED) is 0.731. The Bertz CT molecular complexity index is 294. The molecule has 1 saturated carbocycles. The number of halogens is 1. The van der Waals surface area contributed by atoms with Gasteiger partial charge >= 0.3 is 0 Å². The van der Waals surface area contributed by atoms with Crippen LogP contribution in [0.5, 0.6) is 0 Å². The molecule has 0 atom stereocenters. The lowest BCUT2D eigenvalue weighted by atomic mass is 10.2. The third-order valence-corrected chi connectivity index (χ3v) is 2.97. The van der Waals surface area contributed by atoms with Crippen LogP contribution < -0.4 is 5.32 Å². The van der Waals surface area contributed by atoms with Gasteiger partial charge in [0.05, 0.1) is 0 Å². The normalized spacial score (nSPS) is 15.5. The first-order valence-electron chi connectivity index (χ1n) is 5.27. The van der Waals surface area contributed by atoms with Crippen molar-refractivity contribution in [3.8, 4) is 0 Å². The predicted molar refractivity (Wildman–Crippen MR) is 61.8 cm³/mol. The topological polar surface area (TPSA) is 12.0 Å². The number of rotatable bonds is 5. The maximum atomic E-state index is 5.77. The van der Waals surface area contributed by atoms with Crippen LogP contribution in [0.2, 0.25) is 0 Å². The summed E-state index contributed by atoms with van der Waals surface area (Å²) in [7, 11) is 0. The average molecular weight is 210 g/mol. The second-order valence-corrected chi connectivity index (χ2v) is 4.26. The summed E-state index contributed by atoms with van der Waals surface area (Å²) in [5, 5.41) is 3.43. The van der Waals surface area contributed by atoms with Crippen LogP contribution >= 0.6 is 11.6 Å². The van der Waals surface area contributed by atoms with Crippen LogP contribution in [0.4, 0.5) is 5.69 Å². The highest BCUT2D eigenvalue weighted by Crippen LogP contribution is 2.32. The van der Waals surface area contributed by atoms with Crippen molar-refractivity contribution in [2.45, 2.75) is 25.1 Å². The van der Waals surface area contributed by atoms with Gasteiger partial charge in [0.2, 0.25) is 0 Å². The maximum absolute atomic E-state index is 5.77. The van der Waals surface area contributed by atoms with Crippen LogP contribution in [0, 0.1) is 5.92 Å². The van der Waals surface area contributed by atoms with Crippen molar-refractivity contribution >= 4 is 17.3 Å². The molecule has 1 N–H and O–H groups in total. The second kappa shape index (κ2) is 4.70. The van der Waals surface area contributed by atoms with Crippen LogP contribution in [0.3, 0.4) is 0 Å². The first-order valence-corrected chi connectivity index (χ1v) is 5.81. The molecule has 76 valence electrons. The molecule has 1 aliphatic rings. The minimum Gasteiger partial charge on any atom is -0.385 e. The molecule has 0 aliphatic heterocycles. The van der Waals surface area contributed by atoms with Crippen molar-refractivity contribution in [1.29, 1.82) is 0 Å². The van der Waals surface area contributed by atoms with Gasteiger partial charge in [-0.3, -0.25) is 0 Å². The van der Waals surface area contributed by atoms with Crippen LogP contribution in [0.15, 0.2) is 24.3 Å². The summed E-state index contributed by atoms with van der Waals surface area (Å²) in [6.07, 6.45) is 4.18. The van der Waals surface area contributed by atoms with E-state index in [1.54, 1.807) is 0 Å². The van der Waals surface area contributed by atoms with E-state index >= 15 is 0 Å². The van der Waals surface area contributed by atoms with Crippen molar-refractivity contribution in [3.63, 3.8) is 0 Å². The smallest absolute Gasteiger partial charge is 0.0474 e. The summed E-state index contributed by atoms with van der Waals surface area (Å²) in [4.78, 5) is 0. The number of alkyl halides is 1. The van der Waals surface area contributed by atoms with E-state index in [9.17, 15) is 0 Å². The van der Waals surface area contributed by atoms with E-state index in [2.05, 4.69) is 29.6 Å². The van der Waals surface area contributed by atoms with Crippen LogP contribution in [0.25, 0.3) is 0 Å². The van der Waals surface area contributed by atoms with Crippen LogP contribution in [-0.4, -0.2) is 6.54 Å². The first-order chi connectivity index (χ1) is 6.88. The van der Waals surface area contributed by atoms with Crippen molar-refractivity contribution in [2.24, 2.45) is 5.92 Å². The molecular weight excluding hydrogens is 194 g/mol. The molecular formula is C12H16ClN. The van der Waals surface area contributed by atoms with Crippen molar-refractivity contribution < 1.29 is 0 Å². The summed E-state index contributed by atoms with van der Waals surface area (Å²) < 4.78 is 0. The Hall–Kier alpha value is -0.690. The molecule has 0 spiro atoms. The monoisotopic (exact) mass is 209 g/mol. The Balaban J connectivity index is 1.81. The highest BCUT2D eigenvalue weighted by molar-refractivity contribution is 6.17. The molecule has 14 heavy (non-hydrogen) atoms. The van der Waals surface area contributed by atoms with Gasteiger partial charge < -0.3 is 5.32 Å². The fourth-order valence-corrected chi connectivity index (χ4v) is 1.76. The molecule has 2 heteroatoms. The minimum absolute atomic E-state index is 0.595. The van der Waals surface area contributed by atoms with Crippen molar-refractivity contribution in [3.05, 3.63) is 29.8 Å². The summed E-state index contributed by atoms with van der Waals surface area (Å²) in [5.41, 5.74) is 2.38. The van der Waals surface area contributed by atoms with Gasteiger partial charge in [0.1, 0.15) is 0 Å². The van der Waals surface area contributed by atoms with E-state index in [1.807, 2.05) is 0 Å². The standard InChI is InChI=1S/C12H16ClN/c13-9-11-2-1-3-12(8-11)14-7-6-10-4-5-10/h1-3,8,10,14H,4-7,9H2. The Labute approximate surface area is 90.5 Å². The number of hydrogen-bond acceptors (Lipinski definition) is 1. The molecule has 0 bridgehead atoms. The van der Waals surface area contributed by atoms with Gasteiger partial charge in [0.25, 0.3) is 0 Å². The number of hydrogen-bond donors (Lipinski definition) is 1. The predicted octanol–water partition coefficient (Wildman–Crippen LogP) is 3.64. The second-order valence-electron chi connectivity index (χ2n) is 3.99. The lowest BCUT2D eigenvalue weighted by Gasteiger charge is -2.06. The summed E-state index contributed by atoms with van der Waals surface area (Å²) in [5.74, 6) is 1.59. The summed E-state index contributed by atoms with van der Waals surface area (Å²) in [6.45, 7) is 1.09. The molecule has 1 aliphatic carbocycles. The molecule has 0 saturated heterocycles. The van der Waals surface area contributed by atoms with E-state index in [0.29, 0.717) is 5.88 Å². The van der Waals surface area contributed by atoms with Gasteiger partial charge in [-0.25, -0.2) is 0 Å². The lowest BCUT2D eigenvalue weighted by molar-refractivity contribution is 0.760. The molecule has 1 aromatic carbocycles. The zero-order valence-electron chi connectivity index (χ0n) is 8.30. The van der Waals surface area contributed by atoms with Crippen LogP contribution in [0.1, 0.15) is 24.8 Å². The van der Waals surface area contributed by atoms with E-state index in [-0.39, 0.29) is 0 Å². The molecule has 0 aromatic heterocycles. The largest absolute Gasteiger partial charge is 0.385 e. The van der Waals surface area contributed by atoms with Crippen molar-refractivity contribution in [1.82, 2.24) is 0 Å².